The molecule has 11 N–H and O–H groups in total. The third kappa shape index (κ3) is 8.31. The molecular weight excluding hydrogens is 338 g/mol. The first-order valence-electron chi connectivity index (χ1n) is 8.20. The van der Waals surface area contributed by atoms with Crippen molar-refractivity contribution in [2.45, 2.75) is 37.8 Å². The van der Waals surface area contributed by atoms with Crippen LogP contribution >= 0.6 is 0 Å². The van der Waals surface area contributed by atoms with E-state index in [-0.39, 0.29) is 36.5 Å². The minimum atomic E-state index is -0.855. The third-order valence-electron chi connectivity index (χ3n) is 3.73. The molecule has 0 spiro atoms. The van der Waals surface area contributed by atoms with Crippen LogP contribution in [-0.4, -0.2) is 41.5 Å². The van der Waals surface area contributed by atoms with E-state index in [1.807, 2.05) is 0 Å². The highest BCUT2D eigenvalue weighted by atomic mass is 16.3. The van der Waals surface area contributed by atoms with Crippen molar-refractivity contribution in [1.82, 2.24) is 10.7 Å². The number of hydrogen-bond donors (Lipinski definition) is 7. The number of benzene rings is 1. The van der Waals surface area contributed by atoms with Gasteiger partial charge in [0.15, 0.2) is 5.96 Å². The van der Waals surface area contributed by atoms with E-state index in [0.717, 1.165) is 5.56 Å². The van der Waals surface area contributed by atoms with Crippen molar-refractivity contribution in [2.75, 3.05) is 6.54 Å². The molecule has 0 aliphatic heterocycles. The van der Waals surface area contributed by atoms with Crippen LogP contribution in [-0.2, 0) is 16.0 Å². The quantitative estimate of drug-likeness (QED) is 0.0787. The van der Waals surface area contributed by atoms with Crippen molar-refractivity contribution in [2.24, 2.45) is 28.0 Å². The summed E-state index contributed by atoms with van der Waals surface area (Å²) < 4.78 is 0. The Morgan fingerprint density at radius 1 is 1.15 bits per heavy atom. The summed E-state index contributed by atoms with van der Waals surface area (Å²) in [5, 5.41) is 11.9. The zero-order valence-electron chi connectivity index (χ0n) is 14.5. The lowest BCUT2D eigenvalue weighted by atomic mass is 10.0. The molecule has 144 valence electrons. The molecule has 1 rings (SSSR count). The molecule has 1 aromatic rings. The summed E-state index contributed by atoms with van der Waals surface area (Å²) in [6, 6.07) is 5.18. The minimum Gasteiger partial charge on any atom is -0.508 e. The van der Waals surface area contributed by atoms with Gasteiger partial charge in [-0.25, -0.2) is 0 Å². The number of aliphatic imine (C=N–C) groups is 1. The summed E-state index contributed by atoms with van der Waals surface area (Å²) in [5.74, 6) is 4.60. The largest absolute Gasteiger partial charge is 0.508 e. The number of rotatable bonds is 11. The lowest BCUT2D eigenvalue weighted by molar-refractivity contribution is -0.127. The van der Waals surface area contributed by atoms with Crippen LogP contribution in [0.25, 0.3) is 0 Å². The van der Waals surface area contributed by atoms with Crippen molar-refractivity contribution in [3.8, 4) is 5.75 Å². The van der Waals surface area contributed by atoms with Crippen LogP contribution in [0.15, 0.2) is 29.3 Å². The molecule has 2 amide bonds. The molecule has 0 bridgehead atoms. The first kappa shape index (κ1) is 21.2. The topological polar surface area (TPSA) is 195 Å². The summed E-state index contributed by atoms with van der Waals surface area (Å²) in [4.78, 5) is 27.7. The number of nitrogens with zero attached hydrogens (tertiary/aromatic N) is 1. The Hall–Kier alpha value is -2.85. The van der Waals surface area contributed by atoms with Gasteiger partial charge in [-0.1, -0.05) is 12.1 Å². The van der Waals surface area contributed by atoms with Gasteiger partial charge in [0.25, 0.3) is 0 Å². The number of guanidine groups is 1. The molecule has 1 aromatic carbocycles. The Morgan fingerprint density at radius 3 is 2.35 bits per heavy atom. The molecule has 10 heteroatoms. The summed E-state index contributed by atoms with van der Waals surface area (Å²) in [5.41, 5.74) is 19.2. The predicted molar refractivity (Wildman–Crippen MR) is 98.6 cm³/mol. The summed E-state index contributed by atoms with van der Waals surface area (Å²) in [6.45, 7) is 0.437. The smallest absolute Gasteiger partial charge is 0.240 e. The summed E-state index contributed by atoms with van der Waals surface area (Å²) in [6.07, 6.45) is 1.54. The number of hydrogen-bond acceptors (Lipinski definition) is 6. The number of phenols is 1. The number of primary amides is 1. The molecule has 0 heterocycles. The molecule has 0 radical (unpaired) electrons. The van der Waals surface area contributed by atoms with E-state index in [9.17, 15) is 14.7 Å². The Balaban J connectivity index is 2.53. The van der Waals surface area contributed by atoms with E-state index in [2.05, 4.69) is 15.7 Å². The molecule has 2 atom stereocenters. The van der Waals surface area contributed by atoms with Crippen LogP contribution in [0, 0.1) is 0 Å². The second-order valence-electron chi connectivity index (χ2n) is 5.91. The number of hydrazine groups is 1. The predicted octanol–water partition coefficient (Wildman–Crippen LogP) is -1.82. The van der Waals surface area contributed by atoms with Gasteiger partial charge in [0.1, 0.15) is 11.8 Å². The Kier molecular flexibility index (Phi) is 8.88. The molecule has 0 fully saturated rings. The van der Waals surface area contributed by atoms with Crippen molar-refractivity contribution in [3.63, 3.8) is 0 Å². The molecule has 0 aliphatic rings. The molecular formula is C16H27N7O3. The number of phenolic OH excluding ortho intramolecular Hbond substituents is 1. The number of aromatic hydroxyl groups is 1. The first-order valence-corrected chi connectivity index (χ1v) is 8.20. The highest BCUT2D eigenvalue weighted by molar-refractivity contribution is 5.87. The maximum Gasteiger partial charge on any atom is 0.240 e. The van der Waals surface area contributed by atoms with Crippen molar-refractivity contribution in [1.29, 1.82) is 0 Å². The number of nitrogens with two attached hydrogens (primary N) is 4. The Bertz CT molecular complexity index is 615. The SMILES string of the molecule is NNC(CCCN=C(N)N)CC(=O)N[C@@H](Cc1ccc(O)cc1)C(N)=O. The van der Waals surface area contributed by atoms with Crippen LogP contribution in [0.5, 0.6) is 5.75 Å². The number of carbonyl (C=O) groups is 2. The number of carbonyl (C=O) groups excluding carboxylic acids is 2. The van der Waals surface area contributed by atoms with Gasteiger partial charge < -0.3 is 27.6 Å². The molecule has 0 saturated carbocycles. The molecule has 0 aromatic heterocycles. The van der Waals surface area contributed by atoms with Crippen molar-refractivity contribution >= 4 is 17.8 Å². The Morgan fingerprint density at radius 2 is 1.81 bits per heavy atom. The number of nitrogens with one attached hydrogen (secondary N) is 2. The van der Waals surface area contributed by atoms with Crippen LogP contribution in [0.3, 0.4) is 0 Å². The normalized spacial score (nSPS) is 12.8. The van der Waals surface area contributed by atoms with Gasteiger partial charge in [0, 0.05) is 25.4 Å². The fourth-order valence-electron chi connectivity index (χ4n) is 2.36. The second-order valence-corrected chi connectivity index (χ2v) is 5.91. The fraction of sp³-hybridized carbons (Fsp3) is 0.438. The van der Waals surface area contributed by atoms with E-state index in [1.54, 1.807) is 12.1 Å². The maximum atomic E-state index is 12.2. The van der Waals surface area contributed by atoms with Gasteiger partial charge in [0.2, 0.25) is 11.8 Å². The first-order chi connectivity index (χ1) is 12.3. The van der Waals surface area contributed by atoms with Gasteiger partial charge in [-0.15, -0.1) is 0 Å². The lowest BCUT2D eigenvalue weighted by Crippen LogP contribution is -2.48. The van der Waals surface area contributed by atoms with E-state index >= 15 is 0 Å². The van der Waals surface area contributed by atoms with E-state index in [4.69, 9.17) is 23.0 Å². The van der Waals surface area contributed by atoms with Gasteiger partial charge in [-0.3, -0.25) is 25.8 Å². The molecule has 10 nitrogen and oxygen atoms in total. The molecule has 1 unspecified atom stereocenters. The van der Waals surface area contributed by atoms with E-state index in [1.165, 1.54) is 12.1 Å². The number of amides is 2. The van der Waals surface area contributed by atoms with E-state index < -0.39 is 11.9 Å². The average molecular weight is 365 g/mol. The van der Waals surface area contributed by atoms with Crippen LogP contribution < -0.4 is 33.8 Å². The summed E-state index contributed by atoms with van der Waals surface area (Å²) in [7, 11) is 0. The zero-order chi connectivity index (χ0) is 19.5. The monoisotopic (exact) mass is 365 g/mol. The van der Waals surface area contributed by atoms with Gasteiger partial charge >= 0.3 is 0 Å². The van der Waals surface area contributed by atoms with Gasteiger partial charge in [-0.05, 0) is 30.5 Å². The van der Waals surface area contributed by atoms with E-state index in [0.29, 0.717) is 19.4 Å². The second kappa shape index (κ2) is 10.9. The highest BCUT2D eigenvalue weighted by Gasteiger charge is 2.20. The average Bonchev–Trinajstić information content (AvgIpc) is 2.58. The van der Waals surface area contributed by atoms with Crippen molar-refractivity contribution in [3.05, 3.63) is 29.8 Å². The van der Waals surface area contributed by atoms with Gasteiger partial charge in [-0.2, -0.15) is 0 Å². The van der Waals surface area contributed by atoms with Crippen LogP contribution in [0.2, 0.25) is 0 Å². The maximum absolute atomic E-state index is 12.2. The van der Waals surface area contributed by atoms with Crippen molar-refractivity contribution < 1.29 is 14.7 Å². The minimum absolute atomic E-state index is 0.0125. The molecule has 26 heavy (non-hydrogen) atoms. The van der Waals surface area contributed by atoms with Crippen LogP contribution in [0.4, 0.5) is 0 Å². The van der Waals surface area contributed by atoms with Gasteiger partial charge in [0.05, 0.1) is 0 Å². The fourth-order valence-corrected chi connectivity index (χ4v) is 2.36. The molecule has 0 aliphatic carbocycles. The lowest BCUT2D eigenvalue weighted by Gasteiger charge is -2.19. The summed E-state index contributed by atoms with van der Waals surface area (Å²) >= 11 is 0. The Labute approximate surface area is 152 Å². The highest BCUT2D eigenvalue weighted by Crippen LogP contribution is 2.11. The molecule has 0 saturated heterocycles. The zero-order valence-corrected chi connectivity index (χ0v) is 14.5. The van der Waals surface area contributed by atoms with Crippen LogP contribution in [0.1, 0.15) is 24.8 Å². The standard InChI is InChI=1S/C16H27N7O3/c17-15(26)13(8-10-3-5-12(24)6-4-10)22-14(25)9-11(23-20)2-1-7-21-16(18)19/h3-6,11,13,23-24H,1-2,7-9,20H2,(H2,17,26)(H,22,25)(H4,18,19,21)/t11?,13-/m0/s1. The third-order valence-corrected chi connectivity index (χ3v) is 3.73.